The van der Waals surface area contributed by atoms with Gasteiger partial charge in [0.1, 0.15) is 5.22 Å². The van der Waals surface area contributed by atoms with E-state index >= 15 is 0 Å². The molecule has 3 aromatic rings. The van der Waals surface area contributed by atoms with Crippen molar-refractivity contribution in [2.75, 3.05) is 0 Å². The minimum absolute atomic E-state index is 1.19. The third-order valence-electron chi connectivity index (χ3n) is 4.43. The first-order valence-electron chi connectivity index (χ1n) is 8.60. The fourth-order valence-electron chi connectivity index (χ4n) is 3.24. The van der Waals surface area contributed by atoms with Crippen LogP contribution in [0.3, 0.4) is 0 Å². The van der Waals surface area contributed by atoms with Crippen LogP contribution in [0.1, 0.15) is 6.92 Å². The number of nitrogens with zero attached hydrogens (tertiary/aromatic N) is 1. The Bertz CT molecular complexity index is 1090. The van der Waals surface area contributed by atoms with Gasteiger partial charge in [0, 0.05) is 24.3 Å². The smallest absolute Gasteiger partial charge is 0.152 e. The minimum atomic E-state index is 1.19. The summed E-state index contributed by atoms with van der Waals surface area (Å²) in [5.41, 5.74) is 4.91. The van der Waals surface area contributed by atoms with Gasteiger partial charge in [0.15, 0.2) is 0 Å². The van der Waals surface area contributed by atoms with Gasteiger partial charge >= 0.3 is 0 Å². The maximum Gasteiger partial charge on any atom is 0.225 e. The number of rotatable bonds is 4. The Morgan fingerprint density at radius 1 is 0.720 bits per heavy atom. The number of para-hydroxylation sites is 1. The van der Waals surface area contributed by atoms with Crippen LogP contribution in [-0.2, 0) is 0 Å². The van der Waals surface area contributed by atoms with Crippen molar-refractivity contribution >= 4 is 11.4 Å². The monoisotopic (exact) mass is 322 g/mol. The van der Waals surface area contributed by atoms with Crippen molar-refractivity contribution < 1.29 is 0 Å². The molecule has 0 aliphatic carbocycles. The molecule has 1 heterocycles. The van der Waals surface area contributed by atoms with Gasteiger partial charge in [-0.3, -0.25) is 0 Å². The van der Waals surface area contributed by atoms with Crippen LogP contribution in [0.25, 0.3) is 16.8 Å². The summed E-state index contributed by atoms with van der Waals surface area (Å²) < 4.78 is 2.32. The second-order valence-corrected chi connectivity index (χ2v) is 6.04. The summed E-state index contributed by atoms with van der Waals surface area (Å²) in [5, 5.41) is 2.56. The van der Waals surface area contributed by atoms with Crippen molar-refractivity contribution in [2.24, 2.45) is 0 Å². The summed E-state index contributed by atoms with van der Waals surface area (Å²) in [5.74, 6) is 0. The van der Waals surface area contributed by atoms with Crippen LogP contribution in [0.15, 0.2) is 103 Å². The second kappa shape index (κ2) is 6.74. The molecule has 0 bridgehead atoms. The highest BCUT2D eigenvalue weighted by Gasteiger charge is 2.26. The predicted octanol–water partition coefficient (Wildman–Crippen LogP) is 4.43. The zero-order valence-electron chi connectivity index (χ0n) is 14.3. The summed E-state index contributed by atoms with van der Waals surface area (Å²) in [4.78, 5) is 0. The standard InChI is InChI=1S/C24H20N/c1-2-3-5-16-23-22-15-8-9-17-24(22)25(23)21-14-10-13-20(18-21)19-11-6-4-7-12-19/h2-18H,1H3/q+1/b3-2-,16-5-. The SMILES string of the molecule is C/C=C\C=C/C1=c2ccccc2=[N+]1c1cccc(-c2ccccc2)c1. The molecule has 0 fully saturated rings. The van der Waals surface area contributed by atoms with Gasteiger partial charge in [-0.1, -0.05) is 72.8 Å². The average molecular weight is 322 g/mol. The lowest BCUT2D eigenvalue weighted by Crippen LogP contribution is -2.48. The summed E-state index contributed by atoms with van der Waals surface area (Å²) in [6, 6.07) is 27.8. The van der Waals surface area contributed by atoms with E-state index in [1.165, 1.54) is 33.1 Å². The summed E-state index contributed by atoms with van der Waals surface area (Å²) in [7, 11) is 0. The maximum absolute atomic E-state index is 2.32. The first-order valence-corrected chi connectivity index (χ1v) is 8.60. The Kier molecular flexibility index (Phi) is 4.14. The average Bonchev–Trinajstić information content (AvgIpc) is 2.67. The third kappa shape index (κ3) is 2.85. The topological polar surface area (TPSA) is 3.01 Å². The highest BCUT2D eigenvalue weighted by Crippen LogP contribution is 2.25. The highest BCUT2D eigenvalue weighted by atomic mass is 15.0. The minimum Gasteiger partial charge on any atom is -0.152 e. The van der Waals surface area contributed by atoms with E-state index in [-0.39, 0.29) is 0 Å². The number of hydrogen-bond donors (Lipinski definition) is 0. The summed E-state index contributed by atoms with van der Waals surface area (Å²) in [6.45, 7) is 2.03. The molecular formula is C24H20N+. The molecule has 0 N–H and O–H groups in total. The molecule has 0 spiro atoms. The third-order valence-corrected chi connectivity index (χ3v) is 4.43. The molecule has 1 aliphatic heterocycles. The lowest BCUT2D eigenvalue weighted by atomic mass is 10.0. The molecule has 0 saturated heterocycles. The van der Waals surface area contributed by atoms with Crippen molar-refractivity contribution in [3.8, 4) is 11.1 Å². The van der Waals surface area contributed by atoms with Gasteiger partial charge in [-0.2, -0.15) is 4.58 Å². The molecule has 0 amide bonds. The number of fused-ring (bicyclic) bond motifs is 1. The normalized spacial score (nSPS) is 13.3. The lowest BCUT2D eigenvalue weighted by Gasteiger charge is -2.11. The zero-order chi connectivity index (χ0) is 17.1. The summed E-state index contributed by atoms with van der Waals surface area (Å²) in [6.07, 6.45) is 8.38. The molecule has 120 valence electrons. The Morgan fingerprint density at radius 2 is 1.48 bits per heavy atom. The van der Waals surface area contributed by atoms with Crippen molar-refractivity contribution in [3.63, 3.8) is 0 Å². The molecule has 0 unspecified atom stereocenters. The van der Waals surface area contributed by atoms with Crippen LogP contribution in [0.2, 0.25) is 0 Å². The highest BCUT2D eigenvalue weighted by molar-refractivity contribution is 5.73. The molecular weight excluding hydrogens is 302 g/mol. The fraction of sp³-hybridized carbons (Fsp3) is 0.0417. The Morgan fingerprint density at radius 3 is 2.32 bits per heavy atom. The molecule has 0 saturated carbocycles. The van der Waals surface area contributed by atoms with Crippen molar-refractivity contribution in [2.45, 2.75) is 6.92 Å². The summed E-state index contributed by atoms with van der Waals surface area (Å²) >= 11 is 0. The maximum atomic E-state index is 2.32. The van der Waals surface area contributed by atoms with Crippen molar-refractivity contribution in [1.82, 2.24) is 4.58 Å². The number of allylic oxidation sites excluding steroid dienone is 3. The van der Waals surface area contributed by atoms with E-state index in [0.717, 1.165) is 0 Å². The van der Waals surface area contributed by atoms with Gasteiger partial charge in [0.05, 0.1) is 0 Å². The Hall–Kier alpha value is -3.19. The van der Waals surface area contributed by atoms with Gasteiger partial charge < -0.3 is 0 Å². The van der Waals surface area contributed by atoms with Crippen LogP contribution < -0.4 is 15.2 Å². The Labute approximate surface area is 148 Å². The van der Waals surface area contributed by atoms with E-state index in [1.54, 1.807) is 0 Å². The second-order valence-electron chi connectivity index (χ2n) is 6.04. The molecule has 0 aromatic heterocycles. The predicted molar refractivity (Wildman–Crippen MR) is 106 cm³/mol. The van der Waals surface area contributed by atoms with E-state index in [9.17, 15) is 0 Å². The largest absolute Gasteiger partial charge is 0.225 e. The molecule has 25 heavy (non-hydrogen) atoms. The van der Waals surface area contributed by atoms with Gasteiger partial charge in [-0.25, -0.2) is 0 Å². The molecule has 0 atom stereocenters. The van der Waals surface area contributed by atoms with E-state index in [1.807, 2.05) is 13.0 Å². The van der Waals surface area contributed by atoms with E-state index in [0.29, 0.717) is 0 Å². The van der Waals surface area contributed by atoms with Gasteiger partial charge in [0.2, 0.25) is 16.7 Å². The quantitative estimate of drug-likeness (QED) is 0.494. The van der Waals surface area contributed by atoms with Crippen LogP contribution >= 0.6 is 0 Å². The van der Waals surface area contributed by atoms with Gasteiger partial charge in [0.25, 0.3) is 0 Å². The molecule has 4 rings (SSSR count). The Balaban J connectivity index is 1.83. The fourth-order valence-corrected chi connectivity index (χ4v) is 3.24. The number of hydrogen-bond acceptors (Lipinski definition) is 0. The van der Waals surface area contributed by atoms with Crippen LogP contribution in [0.4, 0.5) is 5.69 Å². The van der Waals surface area contributed by atoms with E-state index < -0.39 is 0 Å². The van der Waals surface area contributed by atoms with Crippen molar-refractivity contribution in [1.29, 1.82) is 0 Å². The van der Waals surface area contributed by atoms with Gasteiger partial charge in [-0.15, -0.1) is 0 Å². The first-order chi connectivity index (χ1) is 12.4. The van der Waals surface area contributed by atoms with Crippen LogP contribution in [-0.4, -0.2) is 0 Å². The zero-order valence-corrected chi connectivity index (χ0v) is 14.3. The number of benzene rings is 3. The first kappa shape index (κ1) is 15.3. The van der Waals surface area contributed by atoms with Crippen LogP contribution in [0, 0.1) is 0 Å². The van der Waals surface area contributed by atoms with E-state index in [4.69, 9.17) is 0 Å². The van der Waals surface area contributed by atoms with Crippen molar-refractivity contribution in [3.05, 3.63) is 114 Å². The molecule has 3 aromatic carbocycles. The molecule has 0 radical (unpaired) electrons. The molecule has 1 heteroatoms. The van der Waals surface area contributed by atoms with E-state index in [2.05, 4.69) is 102 Å². The molecule has 1 nitrogen and oxygen atoms in total. The van der Waals surface area contributed by atoms with Crippen LogP contribution in [0.5, 0.6) is 0 Å². The van der Waals surface area contributed by atoms with Gasteiger partial charge in [-0.05, 0) is 24.1 Å². The molecule has 1 aliphatic rings. The lowest BCUT2D eigenvalue weighted by molar-refractivity contribution is 0.919.